The first-order valence-corrected chi connectivity index (χ1v) is 9.75. The first kappa shape index (κ1) is 16.3. The SMILES string of the molecule is CCNC(=O)c1nn(CC2CC2)c2c1CN(C(=O)c1cccs1)CC2. The highest BCUT2D eigenvalue weighted by molar-refractivity contribution is 7.12. The number of nitrogens with zero attached hydrogens (tertiary/aromatic N) is 3. The van der Waals surface area contributed by atoms with Gasteiger partial charge in [0.05, 0.1) is 11.4 Å². The molecule has 0 saturated heterocycles. The summed E-state index contributed by atoms with van der Waals surface area (Å²) in [7, 11) is 0. The molecule has 1 fully saturated rings. The van der Waals surface area contributed by atoms with Crippen LogP contribution in [0.3, 0.4) is 0 Å². The summed E-state index contributed by atoms with van der Waals surface area (Å²) in [6.07, 6.45) is 3.24. The number of amides is 2. The molecule has 1 N–H and O–H groups in total. The lowest BCUT2D eigenvalue weighted by Gasteiger charge is -2.27. The molecule has 0 atom stereocenters. The topological polar surface area (TPSA) is 67.2 Å². The molecule has 25 heavy (non-hydrogen) atoms. The number of aromatic nitrogens is 2. The fourth-order valence-corrected chi connectivity index (χ4v) is 4.03. The van der Waals surface area contributed by atoms with E-state index in [0.29, 0.717) is 31.2 Å². The van der Waals surface area contributed by atoms with Crippen LogP contribution in [0.5, 0.6) is 0 Å². The molecular formula is C18H22N4O2S. The van der Waals surface area contributed by atoms with Gasteiger partial charge in [-0.05, 0) is 37.1 Å². The van der Waals surface area contributed by atoms with E-state index in [1.807, 2.05) is 34.0 Å². The third kappa shape index (κ3) is 3.20. The monoisotopic (exact) mass is 358 g/mol. The highest BCUT2D eigenvalue weighted by atomic mass is 32.1. The molecule has 1 aliphatic carbocycles. The van der Waals surface area contributed by atoms with Crippen molar-refractivity contribution >= 4 is 23.2 Å². The first-order valence-electron chi connectivity index (χ1n) is 8.87. The standard InChI is InChI=1S/C18H22N4O2S/c1-2-19-17(23)16-13-11-21(18(24)15-4-3-9-25-15)8-7-14(13)22(20-16)10-12-5-6-12/h3-4,9,12H,2,5-8,10-11H2,1H3,(H,19,23). The van der Waals surface area contributed by atoms with E-state index in [9.17, 15) is 9.59 Å². The number of hydrogen-bond acceptors (Lipinski definition) is 4. The molecular weight excluding hydrogens is 336 g/mol. The van der Waals surface area contributed by atoms with Gasteiger partial charge in [-0.1, -0.05) is 6.07 Å². The van der Waals surface area contributed by atoms with Crippen LogP contribution in [-0.4, -0.2) is 39.6 Å². The number of carbonyl (C=O) groups is 2. The molecule has 7 heteroatoms. The van der Waals surface area contributed by atoms with E-state index in [0.717, 1.165) is 29.1 Å². The normalized spacial score (nSPS) is 16.6. The zero-order valence-electron chi connectivity index (χ0n) is 14.3. The highest BCUT2D eigenvalue weighted by Crippen LogP contribution is 2.33. The number of thiophene rings is 1. The Kier molecular flexibility index (Phi) is 4.33. The fraction of sp³-hybridized carbons (Fsp3) is 0.500. The van der Waals surface area contributed by atoms with E-state index in [1.54, 1.807) is 0 Å². The molecule has 132 valence electrons. The molecule has 2 aromatic heterocycles. The van der Waals surface area contributed by atoms with Gasteiger partial charge in [-0.25, -0.2) is 0 Å². The maximum absolute atomic E-state index is 12.7. The van der Waals surface area contributed by atoms with Gasteiger partial charge >= 0.3 is 0 Å². The number of carbonyl (C=O) groups excluding carboxylic acids is 2. The average Bonchev–Trinajstić information content (AvgIpc) is 3.13. The van der Waals surface area contributed by atoms with E-state index in [4.69, 9.17) is 0 Å². The molecule has 0 unspecified atom stereocenters. The molecule has 2 amide bonds. The van der Waals surface area contributed by atoms with Crippen molar-refractivity contribution in [1.29, 1.82) is 0 Å². The summed E-state index contributed by atoms with van der Waals surface area (Å²) in [5.41, 5.74) is 2.53. The van der Waals surface area contributed by atoms with E-state index in [1.165, 1.54) is 24.2 Å². The molecule has 3 heterocycles. The van der Waals surface area contributed by atoms with Crippen LogP contribution < -0.4 is 5.32 Å². The van der Waals surface area contributed by atoms with Crippen molar-refractivity contribution in [2.75, 3.05) is 13.1 Å². The Bertz CT molecular complexity index is 792. The molecule has 0 bridgehead atoms. The summed E-state index contributed by atoms with van der Waals surface area (Å²) in [4.78, 5) is 27.7. The van der Waals surface area contributed by atoms with E-state index < -0.39 is 0 Å². The van der Waals surface area contributed by atoms with Gasteiger partial charge in [0, 0.05) is 37.3 Å². The Labute approximate surface area is 150 Å². The lowest BCUT2D eigenvalue weighted by molar-refractivity contribution is 0.0735. The van der Waals surface area contributed by atoms with Crippen molar-refractivity contribution in [1.82, 2.24) is 20.0 Å². The molecule has 4 rings (SSSR count). The Hall–Kier alpha value is -2.15. The van der Waals surface area contributed by atoms with Gasteiger partial charge < -0.3 is 10.2 Å². The summed E-state index contributed by atoms with van der Waals surface area (Å²) in [6, 6.07) is 3.74. The van der Waals surface area contributed by atoms with Gasteiger partial charge in [-0.2, -0.15) is 5.10 Å². The second-order valence-electron chi connectivity index (χ2n) is 6.71. The maximum atomic E-state index is 12.7. The van der Waals surface area contributed by atoms with E-state index in [-0.39, 0.29) is 11.8 Å². The lowest BCUT2D eigenvalue weighted by atomic mass is 10.0. The number of nitrogens with one attached hydrogen (secondary N) is 1. The summed E-state index contributed by atoms with van der Waals surface area (Å²) in [6.45, 7) is 4.50. The van der Waals surface area contributed by atoms with E-state index >= 15 is 0 Å². The predicted molar refractivity (Wildman–Crippen MR) is 95.7 cm³/mol. The van der Waals surface area contributed by atoms with E-state index in [2.05, 4.69) is 10.4 Å². The summed E-state index contributed by atoms with van der Waals surface area (Å²) >= 11 is 1.46. The summed E-state index contributed by atoms with van der Waals surface area (Å²) in [5, 5.41) is 9.38. The van der Waals surface area contributed by atoms with Gasteiger partial charge in [0.15, 0.2) is 5.69 Å². The Morgan fingerprint density at radius 3 is 2.92 bits per heavy atom. The smallest absolute Gasteiger partial charge is 0.272 e. The zero-order chi connectivity index (χ0) is 17.4. The van der Waals surface area contributed by atoms with Crippen LogP contribution >= 0.6 is 11.3 Å². The fourth-order valence-electron chi connectivity index (χ4n) is 3.34. The summed E-state index contributed by atoms with van der Waals surface area (Å²) < 4.78 is 2.02. The molecule has 1 saturated carbocycles. The van der Waals surface area contributed by atoms with Crippen LogP contribution in [0.25, 0.3) is 0 Å². The largest absolute Gasteiger partial charge is 0.351 e. The van der Waals surface area contributed by atoms with Gasteiger partial charge in [-0.3, -0.25) is 14.3 Å². The number of hydrogen-bond donors (Lipinski definition) is 1. The molecule has 0 radical (unpaired) electrons. The minimum atomic E-state index is -0.140. The Morgan fingerprint density at radius 1 is 1.40 bits per heavy atom. The van der Waals surface area contributed by atoms with Gasteiger partial charge in [0.2, 0.25) is 0 Å². The lowest BCUT2D eigenvalue weighted by Crippen LogP contribution is -2.37. The Morgan fingerprint density at radius 2 is 2.24 bits per heavy atom. The molecule has 1 aliphatic heterocycles. The maximum Gasteiger partial charge on any atom is 0.272 e. The third-order valence-corrected chi connectivity index (χ3v) is 5.69. The average molecular weight is 358 g/mol. The van der Waals surface area contributed by atoms with Gasteiger partial charge in [0.1, 0.15) is 0 Å². The van der Waals surface area contributed by atoms with Gasteiger partial charge in [0.25, 0.3) is 11.8 Å². The van der Waals surface area contributed by atoms with Crippen LogP contribution in [0.2, 0.25) is 0 Å². The zero-order valence-corrected chi connectivity index (χ0v) is 15.1. The predicted octanol–water partition coefficient (Wildman–Crippen LogP) is 2.30. The highest BCUT2D eigenvalue weighted by Gasteiger charge is 2.32. The molecule has 6 nitrogen and oxygen atoms in total. The minimum absolute atomic E-state index is 0.0393. The molecule has 0 spiro atoms. The second kappa shape index (κ2) is 6.63. The number of fused-ring (bicyclic) bond motifs is 1. The quantitative estimate of drug-likeness (QED) is 0.892. The number of rotatable bonds is 5. The third-order valence-electron chi connectivity index (χ3n) is 4.83. The van der Waals surface area contributed by atoms with Crippen LogP contribution in [0.4, 0.5) is 0 Å². The van der Waals surface area contributed by atoms with Crippen molar-refractivity contribution < 1.29 is 9.59 Å². The van der Waals surface area contributed by atoms with Crippen molar-refractivity contribution in [3.8, 4) is 0 Å². The van der Waals surface area contributed by atoms with Crippen molar-refractivity contribution in [3.63, 3.8) is 0 Å². The summed E-state index contributed by atoms with van der Waals surface area (Å²) in [5.74, 6) is 0.591. The van der Waals surface area contributed by atoms with Crippen LogP contribution in [-0.2, 0) is 19.5 Å². The molecule has 2 aromatic rings. The minimum Gasteiger partial charge on any atom is -0.351 e. The second-order valence-corrected chi connectivity index (χ2v) is 7.66. The van der Waals surface area contributed by atoms with Crippen LogP contribution in [0.15, 0.2) is 17.5 Å². The van der Waals surface area contributed by atoms with Crippen LogP contribution in [0, 0.1) is 5.92 Å². The van der Waals surface area contributed by atoms with Crippen molar-refractivity contribution in [3.05, 3.63) is 39.3 Å². The molecule has 2 aliphatic rings. The van der Waals surface area contributed by atoms with Crippen molar-refractivity contribution in [2.24, 2.45) is 5.92 Å². The van der Waals surface area contributed by atoms with Crippen LogP contribution in [0.1, 0.15) is 51.2 Å². The first-order chi connectivity index (χ1) is 12.2. The molecule has 0 aromatic carbocycles. The van der Waals surface area contributed by atoms with Gasteiger partial charge in [-0.15, -0.1) is 11.3 Å². The van der Waals surface area contributed by atoms with Crippen molar-refractivity contribution in [2.45, 2.75) is 39.3 Å². The Balaban J connectivity index is 1.63.